The highest BCUT2D eigenvalue weighted by Gasteiger charge is 2.14. The van der Waals surface area contributed by atoms with Gasteiger partial charge in [0.25, 0.3) is 5.91 Å². The average molecular weight is 426 g/mol. The van der Waals surface area contributed by atoms with Crippen LogP contribution in [0.3, 0.4) is 0 Å². The number of nitrogens with zero attached hydrogens (tertiary/aromatic N) is 2. The zero-order valence-electron chi connectivity index (χ0n) is 17.2. The van der Waals surface area contributed by atoms with Gasteiger partial charge >= 0.3 is 11.9 Å². The molecule has 0 saturated carbocycles. The zero-order chi connectivity index (χ0) is 21.8. The van der Waals surface area contributed by atoms with E-state index in [2.05, 4.69) is 4.99 Å². The Morgan fingerprint density at radius 1 is 1.00 bits per heavy atom. The first-order chi connectivity index (χ1) is 14.3. The normalized spacial score (nSPS) is 11.5. The molecule has 0 fully saturated rings. The number of hydrogen-bond acceptors (Lipinski definition) is 6. The summed E-state index contributed by atoms with van der Waals surface area (Å²) in [7, 11) is 2.61. The van der Waals surface area contributed by atoms with Crippen molar-refractivity contribution < 1.29 is 23.9 Å². The number of carbonyl (C=O) groups is 3. The number of ether oxygens (including phenoxy) is 2. The summed E-state index contributed by atoms with van der Waals surface area (Å²) in [6, 6.07) is 10.8. The summed E-state index contributed by atoms with van der Waals surface area (Å²) in [5.74, 6) is -1.25. The summed E-state index contributed by atoms with van der Waals surface area (Å²) in [4.78, 5) is 41.0. The molecule has 0 aliphatic rings. The van der Waals surface area contributed by atoms with Gasteiger partial charge < -0.3 is 14.0 Å². The molecule has 7 nitrogen and oxygen atoms in total. The van der Waals surface area contributed by atoms with E-state index in [-0.39, 0.29) is 18.9 Å². The molecule has 0 bridgehead atoms. The summed E-state index contributed by atoms with van der Waals surface area (Å²) in [5, 5.41) is 0. The van der Waals surface area contributed by atoms with Gasteiger partial charge in [0.2, 0.25) is 0 Å². The molecule has 0 aliphatic heterocycles. The fourth-order valence-corrected chi connectivity index (χ4v) is 4.07. The molecule has 0 aliphatic carbocycles. The number of rotatable bonds is 5. The van der Waals surface area contributed by atoms with Gasteiger partial charge in [-0.25, -0.2) is 4.79 Å². The van der Waals surface area contributed by atoms with Gasteiger partial charge in [-0.2, -0.15) is 4.99 Å². The monoisotopic (exact) mass is 426 g/mol. The molecule has 3 rings (SSSR count). The van der Waals surface area contributed by atoms with E-state index in [9.17, 15) is 14.4 Å². The molecule has 1 heterocycles. The van der Waals surface area contributed by atoms with E-state index in [1.54, 1.807) is 22.8 Å². The van der Waals surface area contributed by atoms with Crippen LogP contribution in [-0.4, -0.2) is 36.6 Å². The molecule has 0 N–H and O–H groups in total. The number of methoxy groups -OCH3 is 2. The third-order valence-corrected chi connectivity index (χ3v) is 5.81. The minimum absolute atomic E-state index is 0.0934. The molecule has 0 saturated heterocycles. The molecule has 0 unspecified atom stereocenters. The Hall–Kier alpha value is -3.26. The molecule has 8 heteroatoms. The predicted octanol–water partition coefficient (Wildman–Crippen LogP) is 2.95. The third-order valence-electron chi connectivity index (χ3n) is 4.77. The SMILES string of the molecule is COC(=O)Cn1c(=NC(=O)Cc2ccc(C)c(C)c2)sc2cc(C(=O)OC)ccc21. The van der Waals surface area contributed by atoms with Crippen molar-refractivity contribution in [3.05, 3.63) is 63.5 Å². The highest BCUT2D eigenvalue weighted by Crippen LogP contribution is 2.20. The molecule has 0 spiro atoms. The smallest absolute Gasteiger partial charge is 0.337 e. The lowest BCUT2D eigenvalue weighted by molar-refractivity contribution is -0.141. The quantitative estimate of drug-likeness (QED) is 0.586. The Kier molecular flexibility index (Phi) is 6.47. The lowest BCUT2D eigenvalue weighted by atomic mass is 10.0. The van der Waals surface area contributed by atoms with Gasteiger partial charge in [0.15, 0.2) is 4.80 Å². The second-order valence-corrected chi connectivity index (χ2v) is 7.83. The van der Waals surface area contributed by atoms with Gasteiger partial charge in [-0.05, 0) is 48.7 Å². The molecule has 1 aromatic heterocycles. The van der Waals surface area contributed by atoms with Gasteiger partial charge in [0.1, 0.15) is 6.54 Å². The first kappa shape index (κ1) is 21.4. The van der Waals surface area contributed by atoms with Crippen LogP contribution in [0.15, 0.2) is 41.4 Å². The van der Waals surface area contributed by atoms with E-state index in [0.717, 1.165) is 16.7 Å². The van der Waals surface area contributed by atoms with E-state index in [1.807, 2.05) is 32.0 Å². The van der Waals surface area contributed by atoms with Crippen LogP contribution in [0.5, 0.6) is 0 Å². The molecule has 2 aromatic carbocycles. The van der Waals surface area contributed by atoms with Crippen molar-refractivity contribution in [3.63, 3.8) is 0 Å². The largest absolute Gasteiger partial charge is 0.468 e. The van der Waals surface area contributed by atoms with Gasteiger partial charge in [-0.1, -0.05) is 29.5 Å². The summed E-state index contributed by atoms with van der Waals surface area (Å²) in [5.41, 5.74) is 4.20. The fourth-order valence-electron chi connectivity index (χ4n) is 2.98. The van der Waals surface area contributed by atoms with Gasteiger partial charge in [-0.15, -0.1) is 0 Å². The van der Waals surface area contributed by atoms with Crippen molar-refractivity contribution in [2.24, 2.45) is 4.99 Å². The summed E-state index contributed by atoms with van der Waals surface area (Å²) in [6.07, 6.45) is 0.154. The lowest BCUT2D eigenvalue weighted by Gasteiger charge is -2.05. The van der Waals surface area contributed by atoms with Crippen molar-refractivity contribution in [3.8, 4) is 0 Å². The maximum absolute atomic E-state index is 12.6. The van der Waals surface area contributed by atoms with Crippen LogP contribution in [0.2, 0.25) is 0 Å². The molecular formula is C22H22N2O5S. The highest BCUT2D eigenvalue weighted by molar-refractivity contribution is 7.16. The second-order valence-electron chi connectivity index (χ2n) is 6.82. The third kappa shape index (κ3) is 4.65. The van der Waals surface area contributed by atoms with Crippen molar-refractivity contribution in [1.29, 1.82) is 0 Å². The number of esters is 2. The van der Waals surface area contributed by atoms with Crippen LogP contribution < -0.4 is 4.80 Å². The van der Waals surface area contributed by atoms with Crippen LogP contribution in [0.1, 0.15) is 27.0 Å². The van der Waals surface area contributed by atoms with E-state index in [1.165, 1.54) is 25.6 Å². The number of benzene rings is 2. The molecule has 3 aromatic rings. The maximum atomic E-state index is 12.6. The number of carbonyl (C=O) groups excluding carboxylic acids is 3. The van der Waals surface area contributed by atoms with Gasteiger partial charge in [-0.3, -0.25) is 9.59 Å². The summed E-state index contributed by atoms with van der Waals surface area (Å²) in [6.45, 7) is 3.92. The Morgan fingerprint density at radius 2 is 1.77 bits per heavy atom. The number of aryl methyl sites for hydroxylation is 2. The minimum Gasteiger partial charge on any atom is -0.468 e. The first-order valence-electron chi connectivity index (χ1n) is 9.24. The molecule has 0 atom stereocenters. The topological polar surface area (TPSA) is 87.0 Å². The number of hydrogen-bond donors (Lipinski definition) is 0. The van der Waals surface area contributed by atoms with E-state index < -0.39 is 11.9 Å². The molecule has 156 valence electrons. The molecule has 0 radical (unpaired) electrons. The number of aromatic nitrogens is 1. The van der Waals surface area contributed by atoms with Crippen molar-refractivity contribution in [2.45, 2.75) is 26.8 Å². The molecule has 1 amide bonds. The standard InChI is InChI=1S/C22H22N2O5S/c1-13-5-6-15(9-14(13)2)10-19(25)23-22-24(12-20(26)28-3)17-8-7-16(21(27)29-4)11-18(17)30-22/h5-9,11H,10,12H2,1-4H3. The maximum Gasteiger partial charge on any atom is 0.337 e. The number of amides is 1. The summed E-state index contributed by atoms with van der Waals surface area (Å²) < 4.78 is 11.9. The van der Waals surface area contributed by atoms with E-state index in [0.29, 0.717) is 20.6 Å². The fraction of sp³-hybridized carbons (Fsp3) is 0.273. The molecule has 30 heavy (non-hydrogen) atoms. The Labute approximate surface area is 177 Å². The predicted molar refractivity (Wildman–Crippen MR) is 113 cm³/mol. The average Bonchev–Trinajstić information content (AvgIpc) is 3.05. The lowest BCUT2D eigenvalue weighted by Crippen LogP contribution is -2.22. The van der Waals surface area contributed by atoms with Gasteiger partial charge in [0.05, 0.1) is 36.4 Å². The Balaban J connectivity index is 2.03. The zero-order valence-corrected chi connectivity index (χ0v) is 18.0. The van der Waals surface area contributed by atoms with Crippen molar-refractivity contribution in [1.82, 2.24) is 4.57 Å². The Bertz CT molecular complexity index is 1210. The van der Waals surface area contributed by atoms with Crippen LogP contribution >= 0.6 is 11.3 Å². The number of thiazole rings is 1. The van der Waals surface area contributed by atoms with Crippen LogP contribution in [0.25, 0.3) is 10.2 Å². The Morgan fingerprint density at radius 3 is 2.43 bits per heavy atom. The van der Waals surface area contributed by atoms with Crippen molar-refractivity contribution in [2.75, 3.05) is 14.2 Å². The van der Waals surface area contributed by atoms with Crippen LogP contribution in [-0.2, 0) is 32.0 Å². The highest BCUT2D eigenvalue weighted by atomic mass is 32.1. The first-order valence-corrected chi connectivity index (χ1v) is 10.1. The van der Waals surface area contributed by atoms with Crippen molar-refractivity contribution >= 4 is 39.4 Å². The summed E-state index contributed by atoms with van der Waals surface area (Å²) >= 11 is 1.22. The van der Waals surface area contributed by atoms with Crippen LogP contribution in [0, 0.1) is 13.8 Å². The van der Waals surface area contributed by atoms with Gasteiger partial charge in [0, 0.05) is 0 Å². The second kappa shape index (κ2) is 9.04. The molecular weight excluding hydrogens is 404 g/mol. The minimum atomic E-state index is -0.464. The van der Waals surface area contributed by atoms with E-state index >= 15 is 0 Å². The van der Waals surface area contributed by atoms with E-state index in [4.69, 9.17) is 9.47 Å². The number of fused-ring (bicyclic) bond motifs is 1. The van der Waals surface area contributed by atoms with Crippen LogP contribution in [0.4, 0.5) is 0 Å².